The minimum Gasteiger partial charge on any atom is -0.368 e. The number of benzene rings is 3. The molecule has 0 bridgehead atoms. The number of halogens is 3. The second-order valence-corrected chi connectivity index (χ2v) is 12.8. The van der Waals surface area contributed by atoms with Gasteiger partial charge in [-0.1, -0.05) is 23.7 Å². The van der Waals surface area contributed by atoms with Crippen LogP contribution in [0.2, 0.25) is 5.02 Å². The highest BCUT2D eigenvalue weighted by Crippen LogP contribution is 2.43. The number of sulfone groups is 1. The van der Waals surface area contributed by atoms with Crippen LogP contribution in [-0.4, -0.2) is 33.1 Å². The molecule has 1 aromatic heterocycles. The van der Waals surface area contributed by atoms with Crippen LogP contribution in [0, 0.1) is 11.6 Å². The van der Waals surface area contributed by atoms with Gasteiger partial charge in [0.2, 0.25) is 5.95 Å². The van der Waals surface area contributed by atoms with E-state index in [-0.39, 0.29) is 21.6 Å². The first-order valence-electron chi connectivity index (χ1n) is 11.1. The molecule has 0 spiro atoms. The summed E-state index contributed by atoms with van der Waals surface area (Å²) >= 11 is 6.40. The molecule has 0 aliphatic heterocycles. The summed E-state index contributed by atoms with van der Waals surface area (Å²) in [6, 6.07) is 11.4. The predicted molar refractivity (Wildman–Crippen MR) is 140 cm³/mol. The molecule has 38 heavy (non-hydrogen) atoms. The molecule has 13 heteroatoms. The van der Waals surface area contributed by atoms with Crippen LogP contribution in [0.3, 0.4) is 0 Å². The van der Waals surface area contributed by atoms with E-state index < -0.39 is 36.4 Å². The molecule has 0 fully saturated rings. The smallest absolute Gasteiger partial charge is 0.264 e. The van der Waals surface area contributed by atoms with Gasteiger partial charge in [-0.15, -0.1) is 0 Å². The summed E-state index contributed by atoms with van der Waals surface area (Å²) < 4.78 is 79.5. The monoisotopic (exact) mass is 576 g/mol. The Morgan fingerprint density at radius 2 is 1.66 bits per heavy atom. The normalized spacial score (nSPS) is 13.1. The number of nitrogen functional groups attached to an aromatic ring is 1. The van der Waals surface area contributed by atoms with Crippen LogP contribution in [0.15, 0.2) is 64.4 Å². The molecule has 0 saturated carbocycles. The lowest BCUT2D eigenvalue weighted by Crippen LogP contribution is -2.16. The van der Waals surface area contributed by atoms with Crippen LogP contribution < -0.4 is 10.5 Å². The molecular formula is C25H19ClF2N4O4S2. The van der Waals surface area contributed by atoms with E-state index in [0.717, 1.165) is 24.0 Å². The summed E-state index contributed by atoms with van der Waals surface area (Å²) in [7, 11) is -7.88. The molecule has 196 valence electrons. The Bertz CT molecular complexity index is 1830. The fourth-order valence-corrected chi connectivity index (χ4v) is 6.39. The molecule has 0 radical (unpaired) electrons. The van der Waals surface area contributed by atoms with Crippen LogP contribution >= 0.6 is 11.6 Å². The Morgan fingerprint density at radius 1 is 0.947 bits per heavy atom. The van der Waals surface area contributed by atoms with Gasteiger partial charge < -0.3 is 5.73 Å². The second-order valence-electron chi connectivity index (χ2n) is 8.72. The summed E-state index contributed by atoms with van der Waals surface area (Å²) in [5, 5.41) is 0.0775. The van der Waals surface area contributed by atoms with Gasteiger partial charge >= 0.3 is 0 Å². The molecule has 3 N–H and O–H groups in total. The van der Waals surface area contributed by atoms with Gasteiger partial charge in [0.25, 0.3) is 10.0 Å². The number of nitrogens with zero attached hydrogens (tertiary/aromatic N) is 2. The number of nitrogens with two attached hydrogens (primary N) is 1. The van der Waals surface area contributed by atoms with Crippen molar-refractivity contribution in [2.24, 2.45) is 0 Å². The van der Waals surface area contributed by atoms with Crippen LogP contribution in [0.25, 0.3) is 22.4 Å². The van der Waals surface area contributed by atoms with E-state index in [4.69, 9.17) is 17.3 Å². The number of rotatable bonds is 5. The molecule has 1 heterocycles. The SMILES string of the molecule is CS(=O)(=O)c1ccc(-c2nc(N)nc3c2-c2cc(NS(=O)(=O)c4ccc(F)cc4F)c(Cl)cc2CC3)cc1. The Kier molecular flexibility index (Phi) is 6.36. The van der Waals surface area contributed by atoms with Gasteiger partial charge in [-0.2, -0.15) is 0 Å². The zero-order valence-electron chi connectivity index (χ0n) is 19.7. The van der Waals surface area contributed by atoms with Crippen LogP contribution in [0.5, 0.6) is 0 Å². The number of anilines is 2. The maximum Gasteiger partial charge on any atom is 0.264 e. The molecule has 5 rings (SSSR count). The molecule has 0 atom stereocenters. The van der Waals surface area contributed by atoms with E-state index in [9.17, 15) is 25.6 Å². The molecular weight excluding hydrogens is 558 g/mol. The zero-order valence-corrected chi connectivity index (χ0v) is 22.1. The van der Waals surface area contributed by atoms with Crippen molar-refractivity contribution in [1.82, 2.24) is 9.97 Å². The quantitative estimate of drug-likeness (QED) is 0.354. The van der Waals surface area contributed by atoms with Crippen molar-refractivity contribution in [2.75, 3.05) is 16.7 Å². The summed E-state index contributed by atoms with van der Waals surface area (Å²) in [4.78, 5) is 8.16. The van der Waals surface area contributed by atoms with Gasteiger partial charge in [0, 0.05) is 23.4 Å². The van der Waals surface area contributed by atoms with E-state index >= 15 is 0 Å². The van der Waals surface area contributed by atoms with Crippen molar-refractivity contribution < 1.29 is 25.6 Å². The highest BCUT2D eigenvalue weighted by atomic mass is 35.5. The number of sulfonamides is 1. The molecule has 1 aliphatic carbocycles. The second kappa shape index (κ2) is 9.29. The Labute approximate surface area is 222 Å². The standard InChI is InChI=1S/C25H19ClF2N4O4S2/c1-37(33,34)16-6-2-13(3-7-16)24-23-17-12-21(32-38(35,36)22-9-5-15(27)11-19(22)28)18(26)10-14(17)4-8-20(23)30-25(29)31-24/h2-3,5-7,9-12,32H,4,8H2,1H3,(H2,29,30,31). The van der Waals surface area contributed by atoms with E-state index in [1.165, 1.54) is 18.2 Å². The van der Waals surface area contributed by atoms with E-state index in [0.29, 0.717) is 47.0 Å². The van der Waals surface area contributed by atoms with Gasteiger partial charge in [0.15, 0.2) is 9.84 Å². The minimum absolute atomic E-state index is 0.0241. The van der Waals surface area contributed by atoms with Gasteiger partial charge in [0.1, 0.15) is 16.5 Å². The molecule has 8 nitrogen and oxygen atoms in total. The first-order chi connectivity index (χ1) is 17.8. The minimum atomic E-state index is -4.46. The number of hydrogen-bond donors (Lipinski definition) is 2. The van der Waals surface area contributed by atoms with Crippen molar-refractivity contribution in [3.05, 3.63) is 82.5 Å². The number of aromatic nitrogens is 2. The van der Waals surface area contributed by atoms with Crippen LogP contribution in [-0.2, 0) is 32.7 Å². The van der Waals surface area contributed by atoms with Gasteiger partial charge in [-0.05, 0) is 60.4 Å². The predicted octanol–water partition coefficient (Wildman–Crippen LogP) is 4.63. The zero-order chi connectivity index (χ0) is 27.4. The largest absolute Gasteiger partial charge is 0.368 e. The van der Waals surface area contributed by atoms with Crippen molar-refractivity contribution >= 4 is 43.1 Å². The number of nitrogens with one attached hydrogen (secondary N) is 1. The van der Waals surface area contributed by atoms with Crippen molar-refractivity contribution in [2.45, 2.75) is 22.6 Å². The highest BCUT2D eigenvalue weighted by Gasteiger charge is 2.27. The lowest BCUT2D eigenvalue weighted by molar-refractivity contribution is 0.551. The third kappa shape index (κ3) is 4.82. The fraction of sp³-hybridized carbons (Fsp3) is 0.120. The van der Waals surface area contributed by atoms with Gasteiger partial charge in [-0.25, -0.2) is 35.6 Å². The average molecular weight is 577 g/mol. The molecule has 4 aromatic rings. The van der Waals surface area contributed by atoms with Crippen LogP contribution in [0.4, 0.5) is 20.4 Å². The molecule has 3 aromatic carbocycles. The van der Waals surface area contributed by atoms with Gasteiger partial charge in [0.05, 0.1) is 27.0 Å². The van der Waals surface area contributed by atoms with Crippen molar-refractivity contribution in [3.8, 4) is 22.4 Å². The third-order valence-corrected chi connectivity index (χ3v) is 8.92. The Hall–Kier alpha value is -3.61. The van der Waals surface area contributed by atoms with Crippen molar-refractivity contribution in [1.29, 1.82) is 0 Å². The van der Waals surface area contributed by atoms with E-state index in [1.807, 2.05) is 0 Å². The van der Waals surface area contributed by atoms with Gasteiger partial charge in [-0.3, -0.25) is 4.72 Å². The topological polar surface area (TPSA) is 132 Å². The maximum absolute atomic E-state index is 14.2. The maximum atomic E-state index is 14.2. The number of fused-ring (bicyclic) bond motifs is 3. The lowest BCUT2D eigenvalue weighted by atomic mass is 9.86. The Balaban J connectivity index is 1.64. The third-order valence-electron chi connectivity index (χ3n) is 6.08. The Morgan fingerprint density at radius 3 is 2.32 bits per heavy atom. The summed E-state index contributed by atoms with van der Waals surface area (Å²) in [6.07, 6.45) is 2.14. The molecule has 0 saturated heterocycles. The number of hydrogen-bond acceptors (Lipinski definition) is 7. The number of aryl methyl sites for hydroxylation is 2. The van der Waals surface area contributed by atoms with Crippen LogP contribution in [0.1, 0.15) is 11.3 Å². The van der Waals surface area contributed by atoms with E-state index in [2.05, 4.69) is 14.7 Å². The lowest BCUT2D eigenvalue weighted by Gasteiger charge is -2.23. The van der Waals surface area contributed by atoms with E-state index in [1.54, 1.807) is 18.2 Å². The fourth-order valence-electron chi connectivity index (χ4n) is 4.34. The van der Waals surface area contributed by atoms with Crippen molar-refractivity contribution in [3.63, 3.8) is 0 Å². The average Bonchev–Trinajstić information content (AvgIpc) is 2.83. The summed E-state index contributed by atoms with van der Waals surface area (Å²) in [5.41, 5.74) is 9.51. The summed E-state index contributed by atoms with van der Waals surface area (Å²) in [6.45, 7) is 0. The molecule has 0 amide bonds. The first-order valence-corrected chi connectivity index (χ1v) is 14.9. The molecule has 0 unspecified atom stereocenters. The highest BCUT2D eigenvalue weighted by molar-refractivity contribution is 7.92. The molecule has 1 aliphatic rings. The summed E-state index contributed by atoms with van der Waals surface area (Å²) in [5.74, 6) is -2.14. The first kappa shape index (κ1) is 26.0.